The standard InChI is InChI=1S/C12H15N3O4S/c1-7-8-10(17)14-6-15-12(8)20-9(7)11(18)13-2-4-19-5-3-16/h6,16H,2-5H2,1H3,(H,13,18)(H,14,15,17). The van der Waals surface area contributed by atoms with Crippen LogP contribution in [0.15, 0.2) is 11.1 Å². The minimum Gasteiger partial charge on any atom is -0.394 e. The number of hydrogen-bond donors (Lipinski definition) is 3. The van der Waals surface area contributed by atoms with Gasteiger partial charge in [0.2, 0.25) is 0 Å². The molecule has 0 aromatic carbocycles. The van der Waals surface area contributed by atoms with Crippen molar-refractivity contribution < 1.29 is 14.6 Å². The number of aryl methyl sites for hydroxylation is 1. The summed E-state index contributed by atoms with van der Waals surface area (Å²) in [6.07, 6.45) is 1.32. The van der Waals surface area contributed by atoms with Crippen LogP contribution in [0.4, 0.5) is 0 Å². The topological polar surface area (TPSA) is 104 Å². The molecule has 0 unspecified atom stereocenters. The summed E-state index contributed by atoms with van der Waals surface area (Å²) in [6, 6.07) is 0. The van der Waals surface area contributed by atoms with Crippen LogP contribution >= 0.6 is 11.3 Å². The summed E-state index contributed by atoms with van der Waals surface area (Å²) in [5.41, 5.74) is 0.391. The van der Waals surface area contributed by atoms with Gasteiger partial charge in [0.25, 0.3) is 11.5 Å². The molecule has 2 aromatic heterocycles. The summed E-state index contributed by atoms with van der Waals surface area (Å²) in [5, 5.41) is 11.7. The van der Waals surface area contributed by atoms with E-state index in [-0.39, 0.29) is 24.7 Å². The van der Waals surface area contributed by atoms with Crippen LogP contribution in [0, 0.1) is 6.92 Å². The van der Waals surface area contributed by atoms with E-state index in [1.807, 2.05) is 0 Å². The summed E-state index contributed by atoms with van der Waals surface area (Å²) < 4.78 is 5.05. The molecule has 7 nitrogen and oxygen atoms in total. The van der Waals surface area contributed by atoms with Crippen LogP contribution in [-0.4, -0.2) is 47.3 Å². The van der Waals surface area contributed by atoms with Crippen molar-refractivity contribution in [1.82, 2.24) is 15.3 Å². The van der Waals surface area contributed by atoms with E-state index >= 15 is 0 Å². The van der Waals surface area contributed by atoms with Crippen molar-refractivity contribution in [1.29, 1.82) is 0 Å². The van der Waals surface area contributed by atoms with Crippen molar-refractivity contribution in [3.05, 3.63) is 27.1 Å². The number of fused-ring (bicyclic) bond motifs is 1. The van der Waals surface area contributed by atoms with Crippen LogP contribution in [0.1, 0.15) is 15.2 Å². The van der Waals surface area contributed by atoms with Crippen LogP contribution in [0.25, 0.3) is 10.2 Å². The van der Waals surface area contributed by atoms with Gasteiger partial charge in [-0.1, -0.05) is 0 Å². The van der Waals surface area contributed by atoms with Crippen LogP contribution in [0.2, 0.25) is 0 Å². The number of aromatic nitrogens is 2. The van der Waals surface area contributed by atoms with E-state index in [1.165, 1.54) is 17.7 Å². The Kier molecular flexibility index (Phi) is 4.83. The van der Waals surface area contributed by atoms with Crippen molar-refractivity contribution in [3.8, 4) is 0 Å². The van der Waals surface area contributed by atoms with Gasteiger partial charge in [0, 0.05) is 6.54 Å². The zero-order valence-electron chi connectivity index (χ0n) is 10.9. The number of aliphatic hydroxyl groups excluding tert-OH is 1. The number of thiophene rings is 1. The van der Waals surface area contributed by atoms with E-state index in [4.69, 9.17) is 9.84 Å². The molecule has 0 spiro atoms. The van der Waals surface area contributed by atoms with Gasteiger partial charge in [-0.2, -0.15) is 0 Å². The van der Waals surface area contributed by atoms with E-state index < -0.39 is 0 Å². The molecule has 2 aromatic rings. The number of hydrogen-bond acceptors (Lipinski definition) is 6. The summed E-state index contributed by atoms with van der Waals surface area (Å²) in [6.45, 7) is 2.60. The number of rotatable bonds is 6. The lowest BCUT2D eigenvalue weighted by Gasteiger charge is -2.04. The third kappa shape index (κ3) is 3.03. The quantitative estimate of drug-likeness (QED) is 0.653. The highest BCUT2D eigenvalue weighted by molar-refractivity contribution is 7.20. The normalized spacial score (nSPS) is 10.9. The van der Waals surface area contributed by atoms with Gasteiger partial charge >= 0.3 is 0 Å². The number of aliphatic hydroxyl groups is 1. The molecule has 0 saturated heterocycles. The first-order valence-electron chi connectivity index (χ1n) is 6.08. The Morgan fingerprint density at radius 1 is 1.55 bits per heavy atom. The zero-order valence-corrected chi connectivity index (χ0v) is 11.7. The van der Waals surface area contributed by atoms with Crippen molar-refractivity contribution in [2.75, 3.05) is 26.4 Å². The average Bonchev–Trinajstić information content (AvgIpc) is 2.77. The predicted octanol–water partition coefficient (Wildman–Crippen LogP) is 0.0317. The van der Waals surface area contributed by atoms with E-state index in [0.29, 0.717) is 33.8 Å². The Hall–Kier alpha value is -1.77. The van der Waals surface area contributed by atoms with Gasteiger partial charge in [-0.25, -0.2) is 4.98 Å². The molecule has 0 atom stereocenters. The number of amides is 1. The summed E-state index contributed by atoms with van der Waals surface area (Å²) >= 11 is 1.19. The second kappa shape index (κ2) is 6.60. The monoisotopic (exact) mass is 297 g/mol. The Labute approximate surface area is 118 Å². The van der Waals surface area contributed by atoms with Crippen LogP contribution < -0.4 is 10.9 Å². The summed E-state index contributed by atoms with van der Waals surface area (Å²) in [5.74, 6) is -0.252. The van der Waals surface area contributed by atoms with Gasteiger partial charge in [-0.15, -0.1) is 11.3 Å². The molecule has 0 aliphatic carbocycles. The van der Waals surface area contributed by atoms with E-state index in [9.17, 15) is 9.59 Å². The third-order valence-corrected chi connectivity index (χ3v) is 3.91. The molecule has 0 saturated carbocycles. The lowest BCUT2D eigenvalue weighted by Crippen LogP contribution is -2.27. The number of nitrogens with zero attached hydrogens (tertiary/aromatic N) is 1. The Bertz CT molecular complexity index is 664. The molecular weight excluding hydrogens is 282 g/mol. The molecule has 2 heterocycles. The van der Waals surface area contributed by atoms with Gasteiger partial charge in [0.15, 0.2) is 0 Å². The molecule has 108 valence electrons. The Morgan fingerprint density at radius 3 is 3.05 bits per heavy atom. The highest BCUT2D eigenvalue weighted by Gasteiger charge is 2.17. The van der Waals surface area contributed by atoms with E-state index in [1.54, 1.807) is 6.92 Å². The first-order chi connectivity index (χ1) is 9.65. The minimum atomic E-state index is -0.252. The molecule has 1 amide bonds. The lowest BCUT2D eigenvalue weighted by atomic mass is 10.2. The minimum absolute atomic E-state index is 0.0438. The average molecular weight is 297 g/mol. The number of H-pyrrole nitrogens is 1. The van der Waals surface area contributed by atoms with E-state index in [0.717, 1.165) is 0 Å². The fraction of sp³-hybridized carbons (Fsp3) is 0.417. The molecule has 0 bridgehead atoms. The largest absolute Gasteiger partial charge is 0.394 e. The molecule has 0 radical (unpaired) electrons. The van der Waals surface area contributed by atoms with Crippen molar-refractivity contribution in [3.63, 3.8) is 0 Å². The maximum atomic E-state index is 12.0. The highest BCUT2D eigenvalue weighted by Crippen LogP contribution is 2.26. The van der Waals surface area contributed by atoms with Gasteiger partial charge in [-0.3, -0.25) is 9.59 Å². The fourth-order valence-electron chi connectivity index (χ4n) is 1.78. The van der Waals surface area contributed by atoms with Gasteiger partial charge in [0.1, 0.15) is 4.83 Å². The molecule has 3 N–H and O–H groups in total. The SMILES string of the molecule is Cc1c(C(=O)NCCOCCO)sc2nc[nH]c(=O)c12. The summed E-state index contributed by atoms with van der Waals surface area (Å²) in [7, 11) is 0. The lowest BCUT2D eigenvalue weighted by molar-refractivity contribution is 0.0840. The summed E-state index contributed by atoms with van der Waals surface area (Å²) in [4.78, 5) is 31.3. The molecule has 8 heteroatoms. The highest BCUT2D eigenvalue weighted by atomic mass is 32.1. The van der Waals surface area contributed by atoms with Crippen LogP contribution in [0.5, 0.6) is 0 Å². The maximum Gasteiger partial charge on any atom is 0.261 e. The number of carbonyl (C=O) groups is 1. The number of aromatic amines is 1. The maximum absolute atomic E-state index is 12.0. The van der Waals surface area contributed by atoms with Gasteiger partial charge in [-0.05, 0) is 12.5 Å². The number of nitrogens with one attached hydrogen (secondary N) is 2. The van der Waals surface area contributed by atoms with E-state index in [2.05, 4.69) is 15.3 Å². The first-order valence-corrected chi connectivity index (χ1v) is 6.90. The zero-order chi connectivity index (χ0) is 14.5. The second-order valence-corrected chi connectivity index (χ2v) is 5.06. The molecule has 2 rings (SSSR count). The molecule has 20 heavy (non-hydrogen) atoms. The smallest absolute Gasteiger partial charge is 0.261 e. The molecule has 0 fully saturated rings. The van der Waals surface area contributed by atoms with Crippen LogP contribution in [0.3, 0.4) is 0 Å². The second-order valence-electron chi connectivity index (χ2n) is 4.06. The van der Waals surface area contributed by atoms with Gasteiger partial charge < -0.3 is 20.1 Å². The third-order valence-electron chi connectivity index (χ3n) is 2.71. The Balaban J connectivity index is 2.09. The van der Waals surface area contributed by atoms with Crippen molar-refractivity contribution >= 4 is 27.5 Å². The van der Waals surface area contributed by atoms with Crippen molar-refractivity contribution in [2.24, 2.45) is 0 Å². The molecule has 0 aliphatic rings. The predicted molar refractivity (Wildman–Crippen MR) is 75.2 cm³/mol. The number of carbonyl (C=O) groups excluding carboxylic acids is 1. The van der Waals surface area contributed by atoms with Crippen LogP contribution in [-0.2, 0) is 4.74 Å². The fourth-order valence-corrected chi connectivity index (χ4v) is 2.85. The molecule has 0 aliphatic heterocycles. The number of ether oxygens (including phenoxy) is 1. The first kappa shape index (κ1) is 14.6. The van der Waals surface area contributed by atoms with Gasteiger partial charge in [0.05, 0.1) is 36.4 Å². The molecular formula is C12H15N3O4S. The Morgan fingerprint density at radius 2 is 2.35 bits per heavy atom. The van der Waals surface area contributed by atoms with Crippen molar-refractivity contribution in [2.45, 2.75) is 6.92 Å².